The van der Waals surface area contributed by atoms with Crippen LogP contribution in [0, 0.1) is 0 Å². The number of aromatic nitrogens is 3. The summed E-state index contributed by atoms with van der Waals surface area (Å²) in [5, 5.41) is 4.23. The minimum atomic E-state index is 0.142. The Morgan fingerprint density at radius 3 is 2.36 bits per heavy atom. The molecule has 4 nitrogen and oxygen atoms in total. The van der Waals surface area contributed by atoms with Crippen LogP contribution in [0.4, 0.5) is 0 Å². The third-order valence-corrected chi connectivity index (χ3v) is 4.48. The second-order valence-electron chi connectivity index (χ2n) is 7.42. The van der Waals surface area contributed by atoms with E-state index in [-0.39, 0.29) is 5.41 Å². The number of hydrogen-bond donors (Lipinski definition) is 0. The van der Waals surface area contributed by atoms with E-state index in [1.807, 2.05) is 31.6 Å². The van der Waals surface area contributed by atoms with Crippen molar-refractivity contribution in [2.45, 2.75) is 26.2 Å². The lowest BCUT2D eigenvalue weighted by molar-refractivity contribution is 0.590. The summed E-state index contributed by atoms with van der Waals surface area (Å²) in [6.45, 7) is 6.66. The fourth-order valence-corrected chi connectivity index (χ4v) is 2.98. The highest BCUT2D eigenvalue weighted by atomic mass is 16.3. The first-order chi connectivity index (χ1) is 11.9. The Bertz CT molecular complexity index is 1030. The van der Waals surface area contributed by atoms with Crippen LogP contribution in [0.15, 0.2) is 59.5 Å². The van der Waals surface area contributed by atoms with Crippen molar-refractivity contribution in [2.24, 2.45) is 7.05 Å². The van der Waals surface area contributed by atoms with Crippen LogP contribution in [0.3, 0.4) is 0 Å². The van der Waals surface area contributed by atoms with E-state index in [1.54, 1.807) is 10.9 Å². The highest BCUT2D eigenvalue weighted by Gasteiger charge is 2.15. The van der Waals surface area contributed by atoms with Crippen molar-refractivity contribution in [3.63, 3.8) is 0 Å². The molecule has 0 atom stereocenters. The fraction of sp³-hybridized carbons (Fsp3) is 0.238. The van der Waals surface area contributed by atoms with Gasteiger partial charge in [0.05, 0.1) is 11.9 Å². The lowest BCUT2D eigenvalue weighted by atomic mass is 9.86. The lowest BCUT2D eigenvalue weighted by Crippen LogP contribution is -2.10. The molecule has 0 fully saturated rings. The smallest absolute Gasteiger partial charge is 0.153 e. The normalized spacial score (nSPS) is 12.0. The second kappa shape index (κ2) is 5.59. The van der Waals surface area contributed by atoms with Gasteiger partial charge in [0.25, 0.3) is 0 Å². The summed E-state index contributed by atoms with van der Waals surface area (Å²) in [5.41, 5.74) is 7.15. The number of nitrogens with zero attached hydrogens (tertiary/aromatic N) is 3. The summed E-state index contributed by atoms with van der Waals surface area (Å²) in [6.07, 6.45) is 5.58. The number of pyridine rings is 1. The molecule has 4 aromatic rings. The average Bonchev–Trinajstić information content (AvgIpc) is 3.19. The molecule has 0 spiro atoms. The minimum Gasteiger partial charge on any atom is -0.462 e. The van der Waals surface area contributed by atoms with Gasteiger partial charge in [-0.1, -0.05) is 45.0 Å². The maximum atomic E-state index is 5.71. The van der Waals surface area contributed by atoms with Crippen LogP contribution in [0.5, 0.6) is 0 Å². The lowest BCUT2D eigenvalue weighted by Gasteiger charge is -2.19. The van der Waals surface area contributed by atoms with E-state index in [9.17, 15) is 0 Å². The Labute approximate surface area is 147 Å². The highest BCUT2D eigenvalue weighted by molar-refractivity contribution is 5.92. The van der Waals surface area contributed by atoms with Crippen molar-refractivity contribution >= 4 is 11.1 Å². The number of rotatable bonds is 2. The molecule has 3 aromatic heterocycles. The zero-order chi connectivity index (χ0) is 17.6. The Morgan fingerprint density at radius 1 is 0.960 bits per heavy atom. The monoisotopic (exact) mass is 331 g/mol. The SMILES string of the molecule is Cn1cc(-c2ccc3occ(-c4ccc(C(C)(C)C)cc4)c3n2)cn1. The summed E-state index contributed by atoms with van der Waals surface area (Å²) >= 11 is 0. The van der Waals surface area contributed by atoms with Gasteiger partial charge in [-0.15, -0.1) is 0 Å². The molecule has 0 bridgehead atoms. The molecule has 4 rings (SSSR count). The number of fused-ring (bicyclic) bond motifs is 1. The van der Waals surface area contributed by atoms with Crippen LogP contribution in [-0.2, 0) is 12.5 Å². The predicted molar refractivity (Wildman–Crippen MR) is 100 cm³/mol. The van der Waals surface area contributed by atoms with Gasteiger partial charge in [0, 0.05) is 24.4 Å². The molecule has 0 aliphatic rings. The van der Waals surface area contributed by atoms with E-state index < -0.39 is 0 Å². The molecular weight excluding hydrogens is 310 g/mol. The first-order valence-corrected chi connectivity index (χ1v) is 8.40. The zero-order valence-electron chi connectivity index (χ0n) is 14.9. The molecule has 0 unspecified atom stereocenters. The predicted octanol–water partition coefficient (Wildman–Crippen LogP) is 5.19. The van der Waals surface area contributed by atoms with Crippen molar-refractivity contribution < 1.29 is 4.42 Å². The van der Waals surface area contributed by atoms with Gasteiger partial charge in [-0.25, -0.2) is 4.98 Å². The van der Waals surface area contributed by atoms with Gasteiger partial charge in [0.15, 0.2) is 5.58 Å². The van der Waals surface area contributed by atoms with E-state index in [2.05, 4.69) is 50.1 Å². The van der Waals surface area contributed by atoms with Crippen molar-refractivity contribution in [3.05, 3.63) is 60.6 Å². The van der Waals surface area contributed by atoms with Crippen LogP contribution >= 0.6 is 0 Å². The Balaban J connectivity index is 1.79. The summed E-state index contributed by atoms with van der Waals surface area (Å²) in [4.78, 5) is 4.82. The largest absolute Gasteiger partial charge is 0.462 e. The average molecular weight is 331 g/mol. The van der Waals surface area contributed by atoms with Crippen LogP contribution in [-0.4, -0.2) is 14.8 Å². The Hall–Kier alpha value is -2.88. The Morgan fingerprint density at radius 2 is 1.72 bits per heavy atom. The van der Waals surface area contributed by atoms with E-state index in [4.69, 9.17) is 9.40 Å². The molecule has 0 aliphatic carbocycles. The van der Waals surface area contributed by atoms with E-state index in [1.165, 1.54) is 5.56 Å². The van der Waals surface area contributed by atoms with Gasteiger partial charge < -0.3 is 4.42 Å². The number of furan rings is 1. The van der Waals surface area contributed by atoms with Gasteiger partial charge in [0.1, 0.15) is 11.8 Å². The first kappa shape index (κ1) is 15.6. The molecule has 0 saturated carbocycles. The third-order valence-electron chi connectivity index (χ3n) is 4.48. The molecule has 25 heavy (non-hydrogen) atoms. The van der Waals surface area contributed by atoms with Gasteiger partial charge in [0.2, 0.25) is 0 Å². The maximum Gasteiger partial charge on any atom is 0.153 e. The van der Waals surface area contributed by atoms with Gasteiger partial charge >= 0.3 is 0 Å². The van der Waals surface area contributed by atoms with Gasteiger partial charge in [-0.05, 0) is 28.7 Å². The van der Waals surface area contributed by atoms with Crippen molar-refractivity contribution in [3.8, 4) is 22.4 Å². The molecule has 3 heterocycles. The molecule has 0 saturated heterocycles. The minimum absolute atomic E-state index is 0.142. The van der Waals surface area contributed by atoms with Crippen molar-refractivity contribution in [1.82, 2.24) is 14.8 Å². The van der Waals surface area contributed by atoms with Crippen LogP contribution in [0.25, 0.3) is 33.5 Å². The third kappa shape index (κ3) is 2.84. The summed E-state index contributed by atoms with van der Waals surface area (Å²) in [5.74, 6) is 0. The molecule has 0 radical (unpaired) electrons. The Kier molecular flexibility index (Phi) is 3.49. The molecule has 126 valence electrons. The molecular formula is C21H21N3O. The van der Waals surface area contributed by atoms with Gasteiger partial charge in [-0.3, -0.25) is 4.68 Å². The second-order valence-corrected chi connectivity index (χ2v) is 7.42. The topological polar surface area (TPSA) is 43.9 Å². The molecule has 4 heteroatoms. The molecule has 0 aliphatic heterocycles. The van der Waals surface area contributed by atoms with Crippen molar-refractivity contribution in [2.75, 3.05) is 0 Å². The molecule has 0 amide bonds. The maximum absolute atomic E-state index is 5.71. The van der Waals surface area contributed by atoms with Crippen molar-refractivity contribution in [1.29, 1.82) is 0 Å². The van der Waals surface area contributed by atoms with Gasteiger partial charge in [-0.2, -0.15) is 5.10 Å². The quantitative estimate of drug-likeness (QED) is 0.507. The highest BCUT2D eigenvalue weighted by Crippen LogP contribution is 2.32. The van der Waals surface area contributed by atoms with E-state index in [0.717, 1.165) is 33.5 Å². The van der Waals surface area contributed by atoms with E-state index >= 15 is 0 Å². The summed E-state index contributed by atoms with van der Waals surface area (Å²) in [6, 6.07) is 12.6. The molecule has 1 aromatic carbocycles. The standard InChI is InChI=1S/C21H21N3O/c1-21(2,3)16-7-5-14(6-8-16)17-13-25-19-10-9-18(23-20(17)19)15-11-22-24(4)12-15/h5-13H,1-4H3. The number of hydrogen-bond acceptors (Lipinski definition) is 3. The number of benzene rings is 1. The van der Waals surface area contributed by atoms with E-state index in [0.29, 0.717) is 0 Å². The molecule has 0 N–H and O–H groups in total. The number of aryl methyl sites for hydroxylation is 1. The zero-order valence-corrected chi connectivity index (χ0v) is 14.9. The summed E-state index contributed by atoms with van der Waals surface area (Å²) in [7, 11) is 1.90. The summed E-state index contributed by atoms with van der Waals surface area (Å²) < 4.78 is 7.49. The first-order valence-electron chi connectivity index (χ1n) is 8.40. The fourth-order valence-electron chi connectivity index (χ4n) is 2.98. The van der Waals surface area contributed by atoms with Crippen LogP contribution < -0.4 is 0 Å². The van der Waals surface area contributed by atoms with Crippen LogP contribution in [0.1, 0.15) is 26.3 Å². The van der Waals surface area contributed by atoms with Crippen LogP contribution in [0.2, 0.25) is 0 Å².